The Balaban J connectivity index is 1.87. The quantitative estimate of drug-likeness (QED) is 0.716. The first-order chi connectivity index (χ1) is 9.33. The maximum absolute atomic E-state index is 5.72. The molecule has 0 spiro atoms. The Hall–Kier alpha value is -0.910. The molecule has 0 saturated carbocycles. The van der Waals surface area contributed by atoms with Gasteiger partial charge in [0.05, 0.1) is 24.7 Å². The Morgan fingerprint density at radius 2 is 2.47 bits per heavy atom. The molecule has 1 unspecified atom stereocenters. The minimum atomic E-state index is 0.412. The maximum atomic E-state index is 5.72. The van der Waals surface area contributed by atoms with E-state index in [9.17, 15) is 0 Å². The van der Waals surface area contributed by atoms with Gasteiger partial charge in [-0.2, -0.15) is 0 Å². The second kappa shape index (κ2) is 7.62. The average Bonchev–Trinajstić information content (AvgIpc) is 3.07. The van der Waals surface area contributed by atoms with Crippen molar-refractivity contribution in [1.82, 2.24) is 14.5 Å². The van der Waals surface area contributed by atoms with E-state index in [0.29, 0.717) is 6.10 Å². The number of imidazole rings is 1. The van der Waals surface area contributed by atoms with Crippen molar-refractivity contribution in [3.8, 4) is 0 Å². The summed E-state index contributed by atoms with van der Waals surface area (Å²) in [7, 11) is 1.73. The van der Waals surface area contributed by atoms with Gasteiger partial charge in [-0.25, -0.2) is 4.98 Å². The van der Waals surface area contributed by atoms with Gasteiger partial charge in [0, 0.05) is 39.5 Å². The molecule has 2 heterocycles. The molecule has 0 N–H and O–H groups in total. The molecule has 2 rings (SSSR count). The summed E-state index contributed by atoms with van der Waals surface area (Å²) in [6.45, 7) is 7.70. The zero-order chi connectivity index (χ0) is 13.5. The molecule has 1 aromatic rings. The minimum absolute atomic E-state index is 0.412. The van der Waals surface area contributed by atoms with Crippen LogP contribution in [0, 0.1) is 0 Å². The van der Waals surface area contributed by atoms with Crippen molar-refractivity contribution in [2.75, 3.05) is 33.4 Å². The summed E-state index contributed by atoms with van der Waals surface area (Å²) in [4.78, 5) is 6.67. The minimum Gasteiger partial charge on any atom is -0.383 e. The Bertz CT molecular complexity index is 361. The van der Waals surface area contributed by atoms with Crippen molar-refractivity contribution in [2.45, 2.75) is 39.0 Å². The number of aromatic nitrogens is 2. The van der Waals surface area contributed by atoms with Gasteiger partial charge in [0.1, 0.15) is 0 Å². The van der Waals surface area contributed by atoms with Gasteiger partial charge in [0.25, 0.3) is 0 Å². The summed E-state index contributed by atoms with van der Waals surface area (Å²) in [5, 5.41) is 0. The van der Waals surface area contributed by atoms with Crippen LogP contribution in [0.2, 0.25) is 0 Å². The van der Waals surface area contributed by atoms with Gasteiger partial charge in [-0.1, -0.05) is 6.92 Å². The van der Waals surface area contributed by atoms with E-state index >= 15 is 0 Å². The molecule has 1 aromatic heterocycles. The fraction of sp³-hybridized carbons (Fsp3) is 0.786. The molecule has 19 heavy (non-hydrogen) atoms. The summed E-state index contributed by atoms with van der Waals surface area (Å²) < 4.78 is 13.0. The third kappa shape index (κ3) is 4.30. The van der Waals surface area contributed by atoms with Crippen LogP contribution in [-0.2, 0) is 22.6 Å². The van der Waals surface area contributed by atoms with Crippen molar-refractivity contribution >= 4 is 0 Å². The van der Waals surface area contributed by atoms with E-state index in [-0.39, 0.29) is 0 Å². The lowest BCUT2D eigenvalue weighted by atomic mass is 10.2. The van der Waals surface area contributed by atoms with Crippen molar-refractivity contribution in [3.05, 3.63) is 18.2 Å². The van der Waals surface area contributed by atoms with Crippen LogP contribution in [0.15, 0.2) is 12.5 Å². The second-order valence-electron chi connectivity index (χ2n) is 5.03. The lowest BCUT2D eigenvalue weighted by molar-refractivity contribution is 0.0715. The van der Waals surface area contributed by atoms with Crippen LogP contribution in [-0.4, -0.2) is 54.0 Å². The third-order valence-electron chi connectivity index (χ3n) is 3.65. The fourth-order valence-corrected chi connectivity index (χ4v) is 2.48. The number of nitrogens with zero attached hydrogens (tertiary/aromatic N) is 3. The Morgan fingerprint density at radius 1 is 1.58 bits per heavy atom. The van der Waals surface area contributed by atoms with Crippen molar-refractivity contribution in [1.29, 1.82) is 0 Å². The Morgan fingerprint density at radius 3 is 3.16 bits per heavy atom. The van der Waals surface area contributed by atoms with E-state index in [1.807, 2.05) is 12.5 Å². The highest BCUT2D eigenvalue weighted by molar-refractivity contribution is 4.98. The Labute approximate surface area is 115 Å². The van der Waals surface area contributed by atoms with E-state index in [2.05, 4.69) is 21.4 Å². The monoisotopic (exact) mass is 267 g/mol. The van der Waals surface area contributed by atoms with Crippen LogP contribution in [0.3, 0.4) is 0 Å². The molecular formula is C14H25N3O2. The number of hydrogen-bond donors (Lipinski definition) is 0. The zero-order valence-corrected chi connectivity index (χ0v) is 12.0. The van der Waals surface area contributed by atoms with E-state index < -0.39 is 0 Å². The van der Waals surface area contributed by atoms with Gasteiger partial charge < -0.3 is 14.0 Å². The van der Waals surface area contributed by atoms with Crippen LogP contribution in [0.25, 0.3) is 0 Å². The van der Waals surface area contributed by atoms with Gasteiger partial charge in [0.2, 0.25) is 0 Å². The first kappa shape index (κ1) is 14.5. The summed E-state index contributed by atoms with van der Waals surface area (Å²) in [5.41, 5.74) is 1.25. The molecule has 1 aliphatic heterocycles. The SMILES string of the molecule is CCN(Cc1cncn1CCOC)CC1CCCO1. The molecule has 0 aliphatic carbocycles. The highest BCUT2D eigenvalue weighted by Gasteiger charge is 2.19. The van der Waals surface area contributed by atoms with Crippen LogP contribution in [0.1, 0.15) is 25.5 Å². The summed E-state index contributed by atoms with van der Waals surface area (Å²) >= 11 is 0. The lowest BCUT2D eigenvalue weighted by Gasteiger charge is -2.24. The van der Waals surface area contributed by atoms with Gasteiger partial charge in [0.15, 0.2) is 0 Å². The zero-order valence-electron chi connectivity index (χ0n) is 12.0. The molecular weight excluding hydrogens is 242 g/mol. The normalized spacial score (nSPS) is 19.4. The van der Waals surface area contributed by atoms with E-state index in [0.717, 1.165) is 39.4 Å². The molecule has 0 aromatic carbocycles. The van der Waals surface area contributed by atoms with Crippen LogP contribution >= 0.6 is 0 Å². The van der Waals surface area contributed by atoms with Gasteiger partial charge in [-0.3, -0.25) is 4.90 Å². The lowest BCUT2D eigenvalue weighted by Crippen LogP contribution is -2.32. The van der Waals surface area contributed by atoms with Crippen molar-refractivity contribution < 1.29 is 9.47 Å². The standard InChI is InChI=1S/C14H25N3O2/c1-3-16(11-14-5-4-7-19-14)10-13-9-15-12-17(13)6-8-18-2/h9,12,14H,3-8,10-11H2,1-2H3. The largest absolute Gasteiger partial charge is 0.383 e. The van der Waals surface area contributed by atoms with E-state index in [1.165, 1.54) is 18.5 Å². The van der Waals surface area contributed by atoms with Crippen LogP contribution < -0.4 is 0 Å². The smallest absolute Gasteiger partial charge is 0.0949 e. The number of likely N-dealkylation sites (N-methyl/N-ethyl adjacent to an activating group) is 1. The topological polar surface area (TPSA) is 39.5 Å². The predicted octanol–water partition coefficient (Wildman–Crippen LogP) is 1.53. The molecule has 5 nitrogen and oxygen atoms in total. The van der Waals surface area contributed by atoms with Gasteiger partial charge >= 0.3 is 0 Å². The summed E-state index contributed by atoms with van der Waals surface area (Å²) in [6, 6.07) is 0. The molecule has 0 bridgehead atoms. The first-order valence-corrected chi connectivity index (χ1v) is 7.15. The molecule has 1 saturated heterocycles. The number of methoxy groups -OCH3 is 1. The molecule has 108 valence electrons. The van der Waals surface area contributed by atoms with E-state index in [1.54, 1.807) is 7.11 Å². The molecule has 0 radical (unpaired) electrons. The first-order valence-electron chi connectivity index (χ1n) is 7.15. The highest BCUT2D eigenvalue weighted by Crippen LogP contribution is 2.14. The highest BCUT2D eigenvalue weighted by atomic mass is 16.5. The van der Waals surface area contributed by atoms with Gasteiger partial charge in [-0.05, 0) is 19.4 Å². The van der Waals surface area contributed by atoms with Crippen molar-refractivity contribution in [2.24, 2.45) is 0 Å². The average molecular weight is 267 g/mol. The number of ether oxygens (including phenoxy) is 2. The summed E-state index contributed by atoms with van der Waals surface area (Å²) in [5.74, 6) is 0. The number of rotatable bonds is 8. The molecule has 1 atom stereocenters. The molecule has 1 fully saturated rings. The molecule has 1 aliphatic rings. The molecule has 0 amide bonds. The predicted molar refractivity (Wildman–Crippen MR) is 74.0 cm³/mol. The van der Waals surface area contributed by atoms with Crippen LogP contribution in [0.5, 0.6) is 0 Å². The Kier molecular flexibility index (Phi) is 5.82. The van der Waals surface area contributed by atoms with Gasteiger partial charge in [-0.15, -0.1) is 0 Å². The summed E-state index contributed by atoms with van der Waals surface area (Å²) in [6.07, 6.45) is 6.64. The molecule has 5 heteroatoms. The maximum Gasteiger partial charge on any atom is 0.0949 e. The fourth-order valence-electron chi connectivity index (χ4n) is 2.48. The third-order valence-corrected chi connectivity index (χ3v) is 3.65. The number of hydrogen-bond acceptors (Lipinski definition) is 4. The van der Waals surface area contributed by atoms with Crippen LogP contribution in [0.4, 0.5) is 0 Å². The van der Waals surface area contributed by atoms with E-state index in [4.69, 9.17) is 9.47 Å². The van der Waals surface area contributed by atoms with Crippen molar-refractivity contribution in [3.63, 3.8) is 0 Å². The second-order valence-corrected chi connectivity index (χ2v) is 5.03.